The second-order valence-corrected chi connectivity index (χ2v) is 19.2. The first-order valence-electron chi connectivity index (χ1n) is 25.4. The molecular formula is C51H74N16O8. The number of primary amides is 1. The van der Waals surface area contributed by atoms with Gasteiger partial charge in [0.1, 0.15) is 36.3 Å². The van der Waals surface area contributed by atoms with E-state index in [9.17, 15) is 38.4 Å². The minimum Gasteiger partial charge on any atom is -0.370 e. The summed E-state index contributed by atoms with van der Waals surface area (Å²) in [6.45, 7) is 3.83. The van der Waals surface area contributed by atoms with E-state index in [1.165, 1.54) is 17.4 Å². The summed E-state index contributed by atoms with van der Waals surface area (Å²) < 4.78 is 0. The highest BCUT2D eigenvalue weighted by molar-refractivity contribution is 5.97. The number of amides is 8. The molecule has 24 nitrogen and oxygen atoms in total. The first-order valence-corrected chi connectivity index (χ1v) is 25.4. The second-order valence-electron chi connectivity index (χ2n) is 19.2. The first-order chi connectivity index (χ1) is 35.9. The summed E-state index contributed by atoms with van der Waals surface area (Å²) in [6, 6.07) is 8.49. The predicted molar refractivity (Wildman–Crippen MR) is 281 cm³/mol. The van der Waals surface area contributed by atoms with Crippen molar-refractivity contribution in [3.05, 3.63) is 90.1 Å². The van der Waals surface area contributed by atoms with Crippen LogP contribution < -0.4 is 60.6 Å². The molecule has 1 aliphatic rings. The lowest BCUT2D eigenvalue weighted by Crippen LogP contribution is -2.59. The van der Waals surface area contributed by atoms with E-state index in [1.807, 2.05) is 38.1 Å². The van der Waals surface area contributed by atoms with Gasteiger partial charge in [0.25, 0.3) is 0 Å². The van der Waals surface area contributed by atoms with Crippen molar-refractivity contribution < 1.29 is 38.4 Å². The van der Waals surface area contributed by atoms with E-state index in [1.54, 1.807) is 36.5 Å². The number of benzene rings is 2. The van der Waals surface area contributed by atoms with Crippen molar-refractivity contribution >= 4 is 64.1 Å². The molecule has 2 aromatic heterocycles. The Morgan fingerprint density at radius 2 is 1.43 bits per heavy atom. The number of carbonyl (C=O) groups is 8. The zero-order valence-corrected chi connectivity index (χ0v) is 42.6. The maximum Gasteiger partial charge on any atom is 0.245 e. The summed E-state index contributed by atoms with van der Waals surface area (Å²) in [6.07, 6.45) is 7.32. The van der Waals surface area contributed by atoms with E-state index < -0.39 is 96.1 Å². The van der Waals surface area contributed by atoms with E-state index in [2.05, 4.69) is 51.8 Å². The van der Waals surface area contributed by atoms with Gasteiger partial charge in [-0.1, -0.05) is 62.4 Å². The number of fused-ring (bicyclic) bond motifs is 1. The molecule has 0 unspecified atom stereocenters. The largest absolute Gasteiger partial charge is 0.370 e. The third-order valence-corrected chi connectivity index (χ3v) is 12.8. The number of imidazole rings is 1. The Hall–Kier alpha value is -7.86. The summed E-state index contributed by atoms with van der Waals surface area (Å²) in [5.41, 5.74) is 31.5. The number of likely N-dealkylation sites (tertiary alicyclic amines) is 1. The van der Waals surface area contributed by atoms with Gasteiger partial charge in [0.05, 0.1) is 18.9 Å². The predicted octanol–water partition coefficient (Wildman–Crippen LogP) is -1.51. The Balaban J connectivity index is 1.35. The van der Waals surface area contributed by atoms with Crippen molar-refractivity contribution in [2.45, 2.75) is 127 Å². The summed E-state index contributed by atoms with van der Waals surface area (Å²) in [4.78, 5) is 126. The monoisotopic (exact) mass is 1040 g/mol. The fourth-order valence-corrected chi connectivity index (χ4v) is 8.89. The van der Waals surface area contributed by atoms with E-state index in [0.29, 0.717) is 55.5 Å². The Morgan fingerprint density at radius 1 is 0.747 bits per heavy atom. The molecule has 0 saturated carbocycles. The number of rotatable bonds is 30. The molecule has 75 heavy (non-hydrogen) atoms. The highest BCUT2D eigenvalue weighted by atomic mass is 16.2. The number of aromatic nitrogens is 3. The van der Waals surface area contributed by atoms with Crippen molar-refractivity contribution in [2.24, 2.45) is 39.6 Å². The Labute approximate surface area is 435 Å². The van der Waals surface area contributed by atoms with Gasteiger partial charge in [-0.25, -0.2) is 4.98 Å². The number of H-pyrrole nitrogens is 2. The zero-order valence-electron chi connectivity index (χ0n) is 42.6. The molecule has 406 valence electrons. The van der Waals surface area contributed by atoms with Crippen molar-refractivity contribution in [2.75, 3.05) is 26.2 Å². The van der Waals surface area contributed by atoms with E-state index in [4.69, 9.17) is 28.7 Å². The van der Waals surface area contributed by atoms with Crippen LogP contribution in [0.3, 0.4) is 0 Å². The topological polar surface area (TPSA) is 399 Å². The number of carbonyl (C=O) groups excluding carboxylic acids is 8. The lowest BCUT2D eigenvalue weighted by molar-refractivity contribution is -0.142. The number of nitrogens with two attached hydrogens (primary N) is 5. The van der Waals surface area contributed by atoms with Crippen LogP contribution in [-0.2, 0) is 57.6 Å². The molecule has 0 bridgehead atoms. The Kier molecular flexibility index (Phi) is 22.5. The molecule has 5 rings (SSSR count). The number of aliphatic imine (C=N–C) groups is 1. The van der Waals surface area contributed by atoms with Crippen LogP contribution in [0.4, 0.5) is 0 Å². The van der Waals surface area contributed by atoms with Crippen LogP contribution in [-0.4, -0.2) is 142 Å². The molecular weight excluding hydrogens is 965 g/mol. The fraction of sp³-hybridized carbons (Fsp3) is 0.490. The SMILES string of the molecule is CC(C)C[C@H](NC(=O)[C@H]1CCCN1C(=O)[C@H](CCCCN)NC(=O)CNC(=O)[C@H](Cc1c[nH]c2ccccc12)NC(=O)[C@H](CCCN=C(N)N)NC(=O)[C@H](Cc1ccccc1)NC(=O)[C@@H](N)Cc1cnc[nH]1)C(N)=O. The molecule has 3 heterocycles. The minimum absolute atomic E-state index is 0.00764. The minimum atomic E-state index is -1.33. The summed E-state index contributed by atoms with van der Waals surface area (Å²) in [7, 11) is 0. The summed E-state index contributed by atoms with van der Waals surface area (Å²) >= 11 is 0. The van der Waals surface area contributed by atoms with Gasteiger partial charge in [0, 0.05) is 61.3 Å². The third-order valence-electron chi connectivity index (χ3n) is 12.8. The molecule has 0 spiro atoms. The Morgan fingerprint density at radius 3 is 2.12 bits per heavy atom. The first kappa shape index (κ1) is 58.0. The average Bonchev–Trinajstić information content (AvgIpc) is 4.18. The molecule has 0 radical (unpaired) electrons. The molecule has 1 fully saturated rings. The van der Waals surface area contributed by atoms with Crippen LogP contribution in [0.5, 0.6) is 0 Å². The summed E-state index contributed by atoms with van der Waals surface area (Å²) in [5, 5.41) is 17.1. The molecule has 7 atom stereocenters. The van der Waals surface area contributed by atoms with Gasteiger partial charge in [0.2, 0.25) is 47.3 Å². The number of guanidine groups is 1. The van der Waals surface area contributed by atoms with Gasteiger partial charge < -0.3 is 75.4 Å². The van der Waals surface area contributed by atoms with E-state index >= 15 is 0 Å². The number of hydrogen-bond acceptors (Lipinski definition) is 12. The number of hydrogen-bond donors (Lipinski definition) is 13. The van der Waals surface area contributed by atoms with Crippen molar-refractivity contribution in [1.29, 1.82) is 0 Å². The van der Waals surface area contributed by atoms with Gasteiger partial charge in [-0.15, -0.1) is 0 Å². The van der Waals surface area contributed by atoms with Gasteiger partial charge in [0.15, 0.2) is 5.96 Å². The number of unbranched alkanes of at least 4 members (excludes halogenated alkanes) is 1. The normalized spacial score (nSPS) is 15.6. The third kappa shape index (κ3) is 18.2. The van der Waals surface area contributed by atoms with Crippen molar-refractivity contribution in [1.82, 2.24) is 51.8 Å². The quantitative estimate of drug-likeness (QED) is 0.0161. The maximum atomic E-state index is 14.5. The second kappa shape index (κ2) is 29.1. The van der Waals surface area contributed by atoms with Gasteiger partial charge in [-0.05, 0) is 81.0 Å². The van der Waals surface area contributed by atoms with E-state index in [0.717, 1.165) is 10.9 Å². The lowest BCUT2D eigenvalue weighted by atomic mass is 10.0. The van der Waals surface area contributed by atoms with Gasteiger partial charge in [-0.3, -0.25) is 43.3 Å². The standard InChI is InChI=1S/C51H74N16O8/c1-30(2)22-39(44(54)69)64-49(74)42-18-11-21-67(42)50(75)38(16-8-9-19-52)62-43(68)28-60-46(71)41(24-32-26-59-36-15-7-6-14-34(32)36)66-47(72)37(17-10-20-58-51(55)56)63-48(73)40(23-31-12-4-3-5-13-31)65-45(70)35(53)25-33-27-57-29-61-33/h3-7,12-15,26-27,29-30,35,37-42,59H,8-11,16-25,28,52-53H2,1-2H3,(H2,54,69)(H,57,61)(H,60,71)(H,62,68)(H,63,73)(H,64,74)(H,65,70)(H,66,72)(H4,55,56,58)/t35-,37-,38-,39-,40-,41-,42+/m0/s1. The Bertz CT molecular complexity index is 2570. The van der Waals surface area contributed by atoms with Crippen molar-refractivity contribution in [3.63, 3.8) is 0 Å². The molecule has 1 saturated heterocycles. The van der Waals surface area contributed by atoms with Crippen LogP contribution in [0.15, 0.2) is 78.3 Å². The average molecular weight is 1040 g/mol. The highest BCUT2D eigenvalue weighted by Gasteiger charge is 2.39. The molecule has 24 heteroatoms. The molecule has 0 aliphatic carbocycles. The highest BCUT2D eigenvalue weighted by Crippen LogP contribution is 2.22. The van der Waals surface area contributed by atoms with Crippen LogP contribution in [0.1, 0.15) is 82.0 Å². The molecule has 1 aliphatic heterocycles. The molecule has 4 aromatic rings. The van der Waals surface area contributed by atoms with Crippen LogP contribution in [0.25, 0.3) is 10.9 Å². The summed E-state index contributed by atoms with van der Waals surface area (Å²) in [5.74, 6) is -5.43. The van der Waals surface area contributed by atoms with Gasteiger partial charge in [-0.2, -0.15) is 0 Å². The molecule has 18 N–H and O–H groups in total. The zero-order chi connectivity index (χ0) is 54.4. The fourth-order valence-electron chi connectivity index (χ4n) is 8.89. The molecule has 8 amide bonds. The van der Waals surface area contributed by atoms with Crippen LogP contribution in [0, 0.1) is 5.92 Å². The van der Waals surface area contributed by atoms with Crippen molar-refractivity contribution in [3.8, 4) is 0 Å². The number of nitrogens with one attached hydrogen (secondary N) is 8. The maximum absolute atomic E-state index is 14.5. The smallest absolute Gasteiger partial charge is 0.245 e. The van der Waals surface area contributed by atoms with Gasteiger partial charge >= 0.3 is 0 Å². The van der Waals surface area contributed by atoms with Crippen LogP contribution >= 0.6 is 0 Å². The van der Waals surface area contributed by atoms with E-state index in [-0.39, 0.29) is 63.5 Å². The lowest BCUT2D eigenvalue weighted by Gasteiger charge is -2.30. The number of aromatic amines is 2. The number of para-hydroxylation sites is 1. The number of nitrogens with zero attached hydrogens (tertiary/aromatic N) is 3. The van der Waals surface area contributed by atoms with Crippen LogP contribution in [0.2, 0.25) is 0 Å². The molecule has 2 aromatic carbocycles.